The number of rotatable bonds is 4. The molecule has 0 spiro atoms. The number of thiophene rings is 1. The van der Waals surface area contributed by atoms with Crippen LogP contribution in [-0.4, -0.2) is 6.54 Å². The van der Waals surface area contributed by atoms with Gasteiger partial charge in [-0.25, -0.2) is 0 Å². The lowest BCUT2D eigenvalue weighted by Gasteiger charge is -2.23. The first-order chi connectivity index (χ1) is 7.36. The maximum absolute atomic E-state index is 3.67. The Kier molecular flexibility index (Phi) is 4.21. The van der Waals surface area contributed by atoms with Gasteiger partial charge in [-0.15, -0.1) is 11.3 Å². The Balaban J connectivity index is 1.73. The molecule has 0 saturated heterocycles. The van der Waals surface area contributed by atoms with Crippen molar-refractivity contribution in [1.82, 2.24) is 5.32 Å². The van der Waals surface area contributed by atoms with Crippen molar-refractivity contribution < 1.29 is 0 Å². The Morgan fingerprint density at radius 3 is 2.87 bits per heavy atom. The Hall–Kier alpha value is -0.340. The SMILES string of the molecule is C[C@H](NCC1CCCCC1)c1cccs1. The van der Waals surface area contributed by atoms with E-state index in [0.29, 0.717) is 6.04 Å². The number of hydrogen-bond acceptors (Lipinski definition) is 2. The summed E-state index contributed by atoms with van der Waals surface area (Å²) in [6.45, 7) is 3.48. The summed E-state index contributed by atoms with van der Waals surface area (Å²) in [5, 5.41) is 5.83. The molecule has 15 heavy (non-hydrogen) atoms. The van der Waals surface area contributed by atoms with Gasteiger partial charge in [0.15, 0.2) is 0 Å². The zero-order chi connectivity index (χ0) is 10.5. The van der Waals surface area contributed by atoms with Crippen molar-refractivity contribution in [3.63, 3.8) is 0 Å². The van der Waals surface area contributed by atoms with Crippen LogP contribution in [0.5, 0.6) is 0 Å². The molecular formula is C13H21NS. The third-order valence-corrected chi connectivity index (χ3v) is 4.46. The van der Waals surface area contributed by atoms with Gasteiger partial charge in [0.25, 0.3) is 0 Å². The van der Waals surface area contributed by atoms with Crippen LogP contribution >= 0.6 is 11.3 Å². The molecule has 1 heterocycles. The van der Waals surface area contributed by atoms with E-state index in [2.05, 4.69) is 29.8 Å². The second-order valence-corrected chi connectivity index (χ2v) is 5.63. The summed E-state index contributed by atoms with van der Waals surface area (Å²) in [6.07, 6.45) is 7.21. The maximum atomic E-state index is 3.67. The van der Waals surface area contributed by atoms with E-state index in [0.717, 1.165) is 5.92 Å². The van der Waals surface area contributed by atoms with E-state index in [1.54, 1.807) is 0 Å². The minimum Gasteiger partial charge on any atom is -0.309 e. The lowest BCUT2D eigenvalue weighted by Crippen LogP contribution is -2.26. The van der Waals surface area contributed by atoms with Crippen molar-refractivity contribution >= 4 is 11.3 Å². The topological polar surface area (TPSA) is 12.0 Å². The molecule has 84 valence electrons. The number of nitrogens with one attached hydrogen (secondary N) is 1. The van der Waals surface area contributed by atoms with Gasteiger partial charge in [-0.1, -0.05) is 25.3 Å². The standard InChI is InChI=1S/C13H21NS/c1-11(13-8-5-9-15-13)14-10-12-6-3-2-4-7-12/h5,8-9,11-12,14H,2-4,6-7,10H2,1H3/t11-/m0/s1. The molecule has 1 N–H and O–H groups in total. The highest BCUT2D eigenvalue weighted by molar-refractivity contribution is 7.10. The molecule has 0 bridgehead atoms. The van der Waals surface area contributed by atoms with Gasteiger partial charge in [0.1, 0.15) is 0 Å². The molecule has 1 fully saturated rings. The van der Waals surface area contributed by atoms with Crippen LogP contribution in [-0.2, 0) is 0 Å². The Morgan fingerprint density at radius 2 is 2.20 bits per heavy atom. The molecule has 0 unspecified atom stereocenters. The highest BCUT2D eigenvalue weighted by Gasteiger charge is 2.14. The molecule has 0 amide bonds. The van der Waals surface area contributed by atoms with Crippen LogP contribution in [0.3, 0.4) is 0 Å². The van der Waals surface area contributed by atoms with Crippen molar-refractivity contribution in [2.45, 2.75) is 45.1 Å². The van der Waals surface area contributed by atoms with Gasteiger partial charge >= 0.3 is 0 Å². The third kappa shape index (κ3) is 3.32. The van der Waals surface area contributed by atoms with Crippen molar-refractivity contribution in [2.75, 3.05) is 6.54 Å². The first-order valence-corrected chi connectivity index (χ1v) is 7.01. The second-order valence-electron chi connectivity index (χ2n) is 4.65. The number of hydrogen-bond donors (Lipinski definition) is 1. The predicted molar refractivity (Wildman–Crippen MR) is 67.3 cm³/mol. The fourth-order valence-electron chi connectivity index (χ4n) is 2.37. The average molecular weight is 223 g/mol. The molecule has 1 saturated carbocycles. The van der Waals surface area contributed by atoms with Gasteiger partial charge < -0.3 is 5.32 Å². The van der Waals surface area contributed by atoms with Gasteiger partial charge in [0.2, 0.25) is 0 Å². The fourth-order valence-corrected chi connectivity index (χ4v) is 3.13. The van der Waals surface area contributed by atoms with E-state index in [1.165, 1.54) is 43.5 Å². The van der Waals surface area contributed by atoms with Gasteiger partial charge in [0.05, 0.1) is 0 Å². The molecular weight excluding hydrogens is 202 g/mol. The molecule has 1 aliphatic carbocycles. The van der Waals surface area contributed by atoms with E-state index in [9.17, 15) is 0 Å². The van der Waals surface area contributed by atoms with Crippen LogP contribution in [0.4, 0.5) is 0 Å². The summed E-state index contributed by atoms with van der Waals surface area (Å²) >= 11 is 1.86. The fraction of sp³-hybridized carbons (Fsp3) is 0.692. The molecule has 0 radical (unpaired) electrons. The molecule has 1 aromatic rings. The lowest BCUT2D eigenvalue weighted by molar-refractivity contribution is 0.332. The van der Waals surface area contributed by atoms with Crippen molar-refractivity contribution in [2.24, 2.45) is 5.92 Å². The van der Waals surface area contributed by atoms with Crippen LogP contribution in [0.25, 0.3) is 0 Å². The normalized spacial score (nSPS) is 20.3. The monoisotopic (exact) mass is 223 g/mol. The molecule has 1 aromatic heterocycles. The van der Waals surface area contributed by atoms with Gasteiger partial charge in [-0.3, -0.25) is 0 Å². The molecule has 2 rings (SSSR count). The van der Waals surface area contributed by atoms with Crippen molar-refractivity contribution in [1.29, 1.82) is 0 Å². The van der Waals surface area contributed by atoms with Crippen LogP contribution in [0.15, 0.2) is 17.5 Å². The third-order valence-electron chi connectivity index (χ3n) is 3.41. The lowest BCUT2D eigenvalue weighted by atomic mass is 9.89. The quantitative estimate of drug-likeness (QED) is 0.814. The minimum atomic E-state index is 0.534. The first-order valence-electron chi connectivity index (χ1n) is 6.13. The Morgan fingerprint density at radius 1 is 1.40 bits per heavy atom. The zero-order valence-electron chi connectivity index (χ0n) is 9.54. The minimum absolute atomic E-state index is 0.534. The summed E-state index contributed by atoms with van der Waals surface area (Å²) in [5.74, 6) is 0.932. The summed E-state index contributed by atoms with van der Waals surface area (Å²) in [6, 6.07) is 4.90. The van der Waals surface area contributed by atoms with Crippen molar-refractivity contribution in [3.05, 3.63) is 22.4 Å². The van der Waals surface area contributed by atoms with Crippen LogP contribution in [0, 0.1) is 5.92 Å². The maximum Gasteiger partial charge on any atom is 0.0386 e. The second kappa shape index (κ2) is 5.66. The molecule has 0 aliphatic heterocycles. The van der Waals surface area contributed by atoms with Gasteiger partial charge in [-0.05, 0) is 43.7 Å². The van der Waals surface area contributed by atoms with E-state index in [1.807, 2.05) is 11.3 Å². The predicted octanol–water partition coefficient (Wildman–Crippen LogP) is 3.98. The highest BCUT2D eigenvalue weighted by atomic mass is 32.1. The van der Waals surface area contributed by atoms with Crippen LogP contribution in [0.2, 0.25) is 0 Å². The molecule has 1 nitrogen and oxygen atoms in total. The molecule has 1 aliphatic rings. The Labute approximate surface area is 96.9 Å². The Bertz CT molecular complexity index is 262. The summed E-state index contributed by atoms with van der Waals surface area (Å²) in [4.78, 5) is 1.46. The summed E-state index contributed by atoms with van der Waals surface area (Å²) in [7, 11) is 0. The summed E-state index contributed by atoms with van der Waals surface area (Å²) in [5.41, 5.74) is 0. The average Bonchev–Trinajstić information content (AvgIpc) is 2.81. The van der Waals surface area contributed by atoms with E-state index in [4.69, 9.17) is 0 Å². The van der Waals surface area contributed by atoms with Gasteiger partial charge in [-0.2, -0.15) is 0 Å². The largest absolute Gasteiger partial charge is 0.309 e. The van der Waals surface area contributed by atoms with Gasteiger partial charge in [0, 0.05) is 10.9 Å². The van der Waals surface area contributed by atoms with E-state index in [-0.39, 0.29) is 0 Å². The zero-order valence-corrected chi connectivity index (χ0v) is 10.4. The van der Waals surface area contributed by atoms with Crippen LogP contribution < -0.4 is 5.32 Å². The smallest absolute Gasteiger partial charge is 0.0386 e. The van der Waals surface area contributed by atoms with E-state index >= 15 is 0 Å². The highest BCUT2D eigenvalue weighted by Crippen LogP contribution is 2.24. The first kappa shape index (κ1) is 11.2. The molecule has 0 aromatic carbocycles. The molecule has 2 heteroatoms. The summed E-state index contributed by atoms with van der Waals surface area (Å²) < 4.78 is 0. The van der Waals surface area contributed by atoms with Crippen LogP contribution in [0.1, 0.15) is 49.9 Å². The molecule has 1 atom stereocenters. The van der Waals surface area contributed by atoms with E-state index < -0.39 is 0 Å². The van der Waals surface area contributed by atoms with Crippen molar-refractivity contribution in [3.8, 4) is 0 Å².